The molecule has 3 aliphatic heterocycles. The summed E-state index contributed by atoms with van der Waals surface area (Å²) in [7, 11) is 0. The van der Waals surface area contributed by atoms with Crippen molar-refractivity contribution in [3.63, 3.8) is 0 Å². The summed E-state index contributed by atoms with van der Waals surface area (Å²) >= 11 is 0. The topological polar surface area (TPSA) is 107 Å². The van der Waals surface area contributed by atoms with Crippen LogP contribution in [-0.2, 0) is 18.9 Å². The average Bonchev–Trinajstić information content (AvgIpc) is 3.28. The highest BCUT2D eigenvalue weighted by molar-refractivity contribution is 5.69. The summed E-state index contributed by atoms with van der Waals surface area (Å²) in [4.78, 5) is 27.7. The molecule has 5 saturated carbocycles. The Hall–Kier alpha value is -1.58. The van der Waals surface area contributed by atoms with E-state index >= 15 is 0 Å². The standard InChI is InChI=1S/C39H62N2O7/c1-22(2)30(48-34(44)41-16-8-17-41)25-19-23(3)29-31(46-25)32(42)37(7)27-10-9-26-35(4,5)28(47-33(43)40-24-12-18-45-20-24)11-13-38(26)21-39(27,38)15-14-36(29,37)6/h22-32,42H,8-21H2,1-7H3,(H,40,43)/t23-,24-,25?,26+,27?,28?,29+,30-,31?,32+,36-,37-,38-,39+/m1/s1. The lowest BCUT2D eigenvalue weighted by atomic mass is 9.41. The first-order chi connectivity index (χ1) is 22.7. The van der Waals surface area contributed by atoms with E-state index in [0.29, 0.717) is 31.0 Å². The van der Waals surface area contributed by atoms with E-state index in [4.69, 9.17) is 18.9 Å². The summed E-state index contributed by atoms with van der Waals surface area (Å²) in [5.74, 6) is 1.72. The quantitative estimate of drug-likeness (QED) is 0.342. The number of hydrogen-bond acceptors (Lipinski definition) is 7. The zero-order valence-corrected chi connectivity index (χ0v) is 30.6. The number of nitrogens with zero attached hydrogens (tertiary/aromatic N) is 1. The van der Waals surface area contributed by atoms with E-state index in [2.05, 4.69) is 53.8 Å². The van der Waals surface area contributed by atoms with Crippen molar-refractivity contribution in [2.24, 2.45) is 56.7 Å². The van der Waals surface area contributed by atoms with Crippen LogP contribution in [0, 0.1) is 56.7 Å². The number of nitrogens with one attached hydrogen (secondary N) is 1. The van der Waals surface area contributed by atoms with Crippen molar-refractivity contribution >= 4 is 12.2 Å². The van der Waals surface area contributed by atoms with Crippen LogP contribution in [0.15, 0.2) is 0 Å². The summed E-state index contributed by atoms with van der Waals surface area (Å²) in [5.41, 5.74) is 0.119. The summed E-state index contributed by atoms with van der Waals surface area (Å²) in [6.07, 6.45) is 8.62. The zero-order chi connectivity index (χ0) is 34.0. The smallest absolute Gasteiger partial charge is 0.410 e. The fourth-order valence-corrected chi connectivity index (χ4v) is 14.0. The number of fused-ring (bicyclic) bond motifs is 4. The SMILES string of the molecule is CC(C)[C@@H](OC(=O)N1CCC1)C1C[C@@H](C)[C@H]2C(O1)[C@H](O)[C@@]1(C)C3CC[C@H]4C(C)(C)C(OC(=O)N[C@@H]5CCOC5)CC[C@@]45C[C@@]35CC[C@]21C. The normalized spacial score (nSPS) is 50.5. The van der Waals surface area contributed by atoms with Crippen LogP contribution in [0.5, 0.6) is 0 Å². The van der Waals surface area contributed by atoms with Crippen molar-refractivity contribution in [3.8, 4) is 0 Å². The van der Waals surface area contributed by atoms with E-state index < -0.39 is 6.10 Å². The van der Waals surface area contributed by atoms with E-state index in [1.54, 1.807) is 4.90 Å². The Morgan fingerprint density at radius 2 is 1.71 bits per heavy atom. The van der Waals surface area contributed by atoms with Gasteiger partial charge in [0.05, 0.1) is 31.0 Å². The van der Waals surface area contributed by atoms with Crippen LogP contribution in [0.25, 0.3) is 0 Å². The highest BCUT2D eigenvalue weighted by Crippen LogP contribution is 2.89. The van der Waals surface area contributed by atoms with Gasteiger partial charge in [-0.3, -0.25) is 0 Å². The van der Waals surface area contributed by atoms with Crippen LogP contribution in [0.4, 0.5) is 9.59 Å². The zero-order valence-electron chi connectivity index (χ0n) is 30.6. The molecule has 8 rings (SSSR count). The van der Waals surface area contributed by atoms with Gasteiger partial charge in [-0.05, 0) is 110 Å². The second-order valence-corrected chi connectivity index (χ2v) is 19.1. The first-order valence-corrected chi connectivity index (χ1v) is 19.5. The number of amides is 2. The minimum Gasteiger partial charge on any atom is -0.446 e. The first kappa shape index (κ1) is 33.6. The minimum absolute atomic E-state index is 0.0203. The van der Waals surface area contributed by atoms with Gasteiger partial charge in [0.15, 0.2) is 0 Å². The Morgan fingerprint density at radius 3 is 2.38 bits per heavy atom. The average molecular weight is 671 g/mol. The van der Waals surface area contributed by atoms with Gasteiger partial charge in [0.25, 0.3) is 0 Å². The second kappa shape index (κ2) is 11.2. The molecule has 0 radical (unpaired) electrons. The maximum Gasteiger partial charge on any atom is 0.410 e. The van der Waals surface area contributed by atoms with Crippen LogP contribution in [-0.4, -0.2) is 85.1 Å². The molecule has 0 aromatic carbocycles. The lowest BCUT2D eigenvalue weighted by Gasteiger charge is -2.63. The van der Waals surface area contributed by atoms with Gasteiger partial charge in [0, 0.05) is 30.5 Å². The third kappa shape index (κ3) is 4.43. The number of rotatable bonds is 5. The number of aliphatic hydroxyl groups excluding tert-OH is 1. The summed E-state index contributed by atoms with van der Waals surface area (Å²) in [5, 5.41) is 15.7. The van der Waals surface area contributed by atoms with Gasteiger partial charge in [0.2, 0.25) is 0 Å². The molecule has 8 fully saturated rings. The molecule has 14 atom stereocenters. The molecule has 9 heteroatoms. The molecule has 2 amide bonds. The Balaban J connectivity index is 1.02. The molecule has 2 spiro atoms. The number of alkyl carbamates (subject to hydrolysis) is 1. The molecule has 3 heterocycles. The molecule has 0 aromatic rings. The molecule has 3 saturated heterocycles. The highest BCUT2D eigenvalue weighted by atomic mass is 16.6. The Bertz CT molecular complexity index is 1300. The van der Waals surface area contributed by atoms with Crippen LogP contribution in [0.3, 0.4) is 0 Å². The molecular weight excluding hydrogens is 608 g/mol. The van der Waals surface area contributed by atoms with Crippen molar-refractivity contribution < 1.29 is 33.6 Å². The van der Waals surface area contributed by atoms with E-state index in [-0.39, 0.29) is 81.6 Å². The van der Waals surface area contributed by atoms with Gasteiger partial charge in [-0.15, -0.1) is 0 Å². The number of carbonyl (C=O) groups is 2. The van der Waals surface area contributed by atoms with E-state index in [9.17, 15) is 14.7 Å². The van der Waals surface area contributed by atoms with Gasteiger partial charge in [-0.1, -0.05) is 48.5 Å². The molecule has 48 heavy (non-hydrogen) atoms. The van der Waals surface area contributed by atoms with Crippen molar-refractivity contribution in [1.82, 2.24) is 10.2 Å². The van der Waals surface area contributed by atoms with Gasteiger partial charge < -0.3 is 34.3 Å². The monoisotopic (exact) mass is 670 g/mol. The third-order valence-corrected chi connectivity index (χ3v) is 16.6. The summed E-state index contributed by atoms with van der Waals surface area (Å²) < 4.78 is 24.8. The van der Waals surface area contributed by atoms with E-state index in [1.165, 1.54) is 12.8 Å². The predicted molar refractivity (Wildman–Crippen MR) is 180 cm³/mol. The minimum atomic E-state index is -0.552. The molecule has 0 aromatic heterocycles. The largest absolute Gasteiger partial charge is 0.446 e. The highest BCUT2D eigenvalue weighted by Gasteiger charge is 2.84. The Kier molecular flexibility index (Phi) is 7.84. The molecule has 2 N–H and O–H groups in total. The lowest BCUT2D eigenvalue weighted by Crippen LogP contribution is -2.60. The molecule has 0 bridgehead atoms. The molecule has 4 unspecified atom stereocenters. The van der Waals surface area contributed by atoms with E-state index in [1.807, 2.05) is 0 Å². The summed E-state index contributed by atoms with van der Waals surface area (Å²) in [6, 6.07) is 0.0510. The molecule has 9 nitrogen and oxygen atoms in total. The lowest BCUT2D eigenvalue weighted by molar-refractivity contribution is -0.185. The fourth-order valence-electron chi connectivity index (χ4n) is 14.0. The number of carbonyl (C=O) groups excluding carboxylic acids is 2. The van der Waals surface area contributed by atoms with Crippen molar-refractivity contribution in [2.45, 2.75) is 149 Å². The van der Waals surface area contributed by atoms with Crippen molar-refractivity contribution in [2.75, 3.05) is 26.3 Å². The summed E-state index contributed by atoms with van der Waals surface area (Å²) in [6.45, 7) is 19.0. The van der Waals surface area contributed by atoms with Crippen molar-refractivity contribution in [3.05, 3.63) is 0 Å². The van der Waals surface area contributed by atoms with Crippen LogP contribution in [0.1, 0.15) is 113 Å². The van der Waals surface area contributed by atoms with Crippen LogP contribution < -0.4 is 5.32 Å². The first-order valence-electron chi connectivity index (χ1n) is 19.5. The van der Waals surface area contributed by atoms with Gasteiger partial charge in [-0.25, -0.2) is 9.59 Å². The van der Waals surface area contributed by atoms with Gasteiger partial charge in [0.1, 0.15) is 12.2 Å². The Labute approximate surface area is 287 Å². The fraction of sp³-hybridized carbons (Fsp3) is 0.949. The molecular formula is C39H62N2O7. The maximum absolute atomic E-state index is 13.0. The number of ether oxygens (including phenoxy) is 4. The second-order valence-electron chi connectivity index (χ2n) is 19.1. The third-order valence-electron chi connectivity index (χ3n) is 16.6. The Morgan fingerprint density at radius 1 is 0.979 bits per heavy atom. The molecule has 270 valence electrons. The van der Waals surface area contributed by atoms with Gasteiger partial charge in [-0.2, -0.15) is 0 Å². The predicted octanol–water partition coefficient (Wildman–Crippen LogP) is 6.55. The van der Waals surface area contributed by atoms with E-state index in [0.717, 1.165) is 64.5 Å². The van der Waals surface area contributed by atoms with Crippen LogP contribution in [0.2, 0.25) is 0 Å². The van der Waals surface area contributed by atoms with Crippen LogP contribution >= 0.6 is 0 Å². The maximum atomic E-state index is 13.0. The number of hydrogen-bond donors (Lipinski definition) is 2. The number of aliphatic hydroxyl groups is 1. The van der Waals surface area contributed by atoms with Gasteiger partial charge >= 0.3 is 12.2 Å². The molecule has 5 aliphatic carbocycles. The molecule has 8 aliphatic rings. The van der Waals surface area contributed by atoms with Crippen molar-refractivity contribution in [1.29, 1.82) is 0 Å². The number of likely N-dealkylation sites (tertiary alicyclic amines) is 1.